The van der Waals surface area contributed by atoms with E-state index in [1.165, 1.54) is 0 Å². The van der Waals surface area contributed by atoms with Crippen molar-refractivity contribution in [2.24, 2.45) is 5.92 Å². The van der Waals surface area contributed by atoms with Crippen molar-refractivity contribution in [3.63, 3.8) is 0 Å². The number of ether oxygens (including phenoxy) is 1. The van der Waals surface area contributed by atoms with Gasteiger partial charge in [0, 0.05) is 10.7 Å². The SMILES string of the molecule is CC(C)[C@H]1COC(=O)N1c1ccnc(N[C@H](C)c2ccc(Br)cc2)n1. The largest absolute Gasteiger partial charge is 0.447 e. The van der Waals surface area contributed by atoms with Gasteiger partial charge in [-0.1, -0.05) is 41.9 Å². The molecule has 7 heteroatoms. The molecule has 132 valence electrons. The number of halogens is 1. The lowest BCUT2D eigenvalue weighted by molar-refractivity contribution is 0.177. The van der Waals surface area contributed by atoms with Crippen molar-refractivity contribution in [2.75, 3.05) is 16.8 Å². The summed E-state index contributed by atoms with van der Waals surface area (Å²) in [7, 11) is 0. The quantitative estimate of drug-likeness (QED) is 0.799. The zero-order valence-corrected chi connectivity index (χ0v) is 16.0. The molecule has 6 nitrogen and oxygen atoms in total. The first kappa shape index (κ1) is 17.7. The number of nitrogens with zero attached hydrogens (tertiary/aromatic N) is 3. The van der Waals surface area contributed by atoms with Crippen molar-refractivity contribution in [1.82, 2.24) is 9.97 Å². The van der Waals surface area contributed by atoms with E-state index in [4.69, 9.17) is 4.74 Å². The first-order valence-corrected chi connectivity index (χ1v) is 9.06. The van der Waals surface area contributed by atoms with E-state index in [9.17, 15) is 4.79 Å². The molecule has 1 N–H and O–H groups in total. The summed E-state index contributed by atoms with van der Waals surface area (Å²) in [4.78, 5) is 22.5. The number of benzene rings is 1. The molecule has 0 radical (unpaired) electrons. The van der Waals surface area contributed by atoms with Crippen LogP contribution in [-0.4, -0.2) is 28.7 Å². The third-order valence-electron chi connectivity index (χ3n) is 4.28. The minimum Gasteiger partial charge on any atom is -0.447 e. The number of hydrogen-bond donors (Lipinski definition) is 1. The highest BCUT2D eigenvalue weighted by Gasteiger charge is 2.37. The molecule has 1 aromatic heterocycles. The van der Waals surface area contributed by atoms with Gasteiger partial charge in [0.2, 0.25) is 5.95 Å². The average molecular weight is 405 g/mol. The zero-order chi connectivity index (χ0) is 18.0. The van der Waals surface area contributed by atoms with Crippen LogP contribution in [0.25, 0.3) is 0 Å². The van der Waals surface area contributed by atoms with Crippen LogP contribution in [0.3, 0.4) is 0 Å². The van der Waals surface area contributed by atoms with Gasteiger partial charge in [0.15, 0.2) is 0 Å². The van der Waals surface area contributed by atoms with Gasteiger partial charge in [-0.3, -0.25) is 4.90 Å². The van der Waals surface area contributed by atoms with E-state index in [2.05, 4.69) is 45.1 Å². The van der Waals surface area contributed by atoms with Gasteiger partial charge >= 0.3 is 6.09 Å². The van der Waals surface area contributed by atoms with Crippen LogP contribution in [0.5, 0.6) is 0 Å². The maximum Gasteiger partial charge on any atom is 0.415 e. The van der Waals surface area contributed by atoms with Crippen molar-refractivity contribution in [3.05, 3.63) is 46.6 Å². The Morgan fingerprint density at radius 1 is 1.24 bits per heavy atom. The molecule has 1 amide bonds. The molecule has 0 unspecified atom stereocenters. The normalized spacial score (nSPS) is 18.4. The summed E-state index contributed by atoms with van der Waals surface area (Å²) in [6.07, 6.45) is 1.30. The van der Waals surface area contributed by atoms with Crippen molar-refractivity contribution >= 4 is 33.8 Å². The lowest BCUT2D eigenvalue weighted by Gasteiger charge is -2.23. The number of rotatable bonds is 5. The molecular weight excluding hydrogens is 384 g/mol. The fourth-order valence-corrected chi connectivity index (χ4v) is 3.04. The van der Waals surface area contributed by atoms with E-state index in [0.717, 1.165) is 10.0 Å². The molecule has 2 heterocycles. The van der Waals surface area contributed by atoms with Crippen molar-refractivity contribution in [3.8, 4) is 0 Å². The van der Waals surface area contributed by atoms with Crippen LogP contribution in [0.1, 0.15) is 32.4 Å². The molecule has 0 aliphatic carbocycles. The Labute approximate surface area is 155 Å². The van der Waals surface area contributed by atoms with Gasteiger partial charge in [-0.15, -0.1) is 0 Å². The van der Waals surface area contributed by atoms with Gasteiger partial charge < -0.3 is 10.1 Å². The standard InChI is InChI=1S/C18H21BrN4O2/c1-11(2)15-10-25-18(24)23(15)16-8-9-20-17(22-16)21-12(3)13-4-6-14(19)7-5-13/h4-9,11-12,15H,10H2,1-3H3,(H,20,21,22)/t12-,15-/m1/s1. The van der Waals surface area contributed by atoms with E-state index >= 15 is 0 Å². The van der Waals surface area contributed by atoms with Crippen LogP contribution in [-0.2, 0) is 4.74 Å². The summed E-state index contributed by atoms with van der Waals surface area (Å²) in [6, 6.07) is 9.83. The molecule has 0 saturated carbocycles. The summed E-state index contributed by atoms with van der Waals surface area (Å²) < 4.78 is 6.23. The van der Waals surface area contributed by atoms with E-state index in [1.807, 2.05) is 31.2 Å². The lowest BCUT2D eigenvalue weighted by atomic mass is 10.0. The third kappa shape index (κ3) is 3.92. The van der Waals surface area contributed by atoms with Crippen molar-refractivity contribution in [2.45, 2.75) is 32.9 Å². The molecule has 0 spiro atoms. The fraction of sp³-hybridized carbons (Fsp3) is 0.389. The molecule has 1 fully saturated rings. The monoisotopic (exact) mass is 404 g/mol. The highest BCUT2D eigenvalue weighted by Crippen LogP contribution is 2.26. The van der Waals surface area contributed by atoms with E-state index in [1.54, 1.807) is 17.2 Å². The Morgan fingerprint density at radius 3 is 2.64 bits per heavy atom. The topological polar surface area (TPSA) is 67.3 Å². The summed E-state index contributed by atoms with van der Waals surface area (Å²) in [5, 5.41) is 3.28. The molecule has 2 aromatic rings. The molecule has 0 bridgehead atoms. The summed E-state index contributed by atoms with van der Waals surface area (Å²) in [5.74, 6) is 1.32. The number of carbonyl (C=O) groups excluding carboxylic acids is 1. The average Bonchev–Trinajstić information content (AvgIpc) is 2.97. The summed E-state index contributed by atoms with van der Waals surface area (Å²) in [5.41, 5.74) is 1.12. The minimum absolute atomic E-state index is 0.0147. The molecule has 1 aromatic carbocycles. The van der Waals surface area contributed by atoms with Crippen molar-refractivity contribution in [1.29, 1.82) is 0 Å². The minimum atomic E-state index is -0.357. The Hall–Kier alpha value is -2.15. The van der Waals surface area contributed by atoms with Gasteiger partial charge in [-0.2, -0.15) is 4.98 Å². The lowest BCUT2D eigenvalue weighted by Crippen LogP contribution is -2.37. The second kappa shape index (κ2) is 7.39. The Bertz CT molecular complexity index is 751. The van der Waals surface area contributed by atoms with Crippen LogP contribution >= 0.6 is 15.9 Å². The van der Waals surface area contributed by atoms with Crippen LogP contribution < -0.4 is 10.2 Å². The van der Waals surface area contributed by atoms with Crippen LogP contribution in [0.2, 0.25) is 0 Å². The van der Waals surface area contributed by atoms with Crippen molar-refractivity contribution < 1.29 is 9.53 Å². The van der Waals surface area contributed by atoms with Gasteiger partial charge in [0.05, 0.1) is 12.1 Å². The first-order chi connectivity index (χ1) is 12.0. The smallest absolute Gasteiger partial charge is 0.415 e. The molecule has 25 heavy (non-hydrogen) atoms. The number of nitrogens with one attached hydrogen (secondary N) is 1. The van der Waals surface area contributed by atoms with E-state index in [-0.39, 0.29) is 24.1 Å². The van der Waals surface area contributed by atoms with Gasteiger partial charge in [0.1, 0.15) is 12.4 Å². The summed E-state index contributed by atoms with van der Waals surface area (Å²) in [6.45, 7) is 6.56. The van der Waals surface area contributed by atoms with Gasteiger partial charge in [-0.25, -0.2) is 9.78 Å². The van der Waals surface area contributed by atoms with Crippen LogP contribution in [0.15, 0.2) is 41.0 Å². The summed E-state index contributed by atoms with van der Waals surface area (Å²) >= 11 is 3.44. The highest BCUT2D eigenvalue weighted by molar-refractivity contribution is 9.10. The number of aromatic nitrogens is 2. The predicted molar refractivity (Wildman–Crippen MR) is 101 cm³/mol. The third-order valence-corrected chi connectivity index (χ3v) is 4.81. The number of cyclic esters (lactones) is 1. The van der Waals surface area contributed by atoms with Gasteiger partial charge in [-0.05, 0) is 36.6 Å². The van der Waals surface area contributed by atoms with E-state index < -0.39 is 0 Å². The predicted octanol–water partition coefficient (Wildman–Crippen LogP) is 4.39. The molecular formula is C18H21BrN4O2. The highest BCUT2D eigenvalue weighted by atomic mass is 79.9. The Morgan fingerprint density at radius 2 is 1.96 bits per heavy atom. The van der Waals surface area contributed by atoms with Crippen LogP contribution in [0, 0.1) is 5.92 Å². The zero-order valence-electron chi connectivity index (χ0n) is 14.4. The number of amides is 1. The number of carbonyl (C=O) groups is 1. The molecule has 1 saturated heterocycles. The Kier molecular flexibility index (Phi) is 5.22. The molecule has 3 rings (SSSR count). The molecule has 1 aliphatic heterocycles. The maximum atomic E-state index is 12.1. The Balaban J connectivity index is 1.79. The van der Waals surface area contributed by atoms with E-state index in [0.29, 0.717) is 18.4 Å². The second-order valence-corrected chi connectivity index (χ2v) is 7.33. The number of anilines is 2. The molecule has 2 atom stereocenters. The van der Waals surface area contributed by atoms with Gasteiger partial charge in [0.25, 0.3) is 0 Å². The fourth-order valence-electron chi connectivity index (χ4n) is 2.77. The second-order valence-electron chi connectivity index (χ2n) is 6.41. The number of hydrogen-bond acceptors (Lipinski definition) is 5. The van der Waals surface area contributed by atoms with Crippen LogP contribution in [0.4, 0.5) is 16.6 Å². The first-order valence-electron chi connectivity index (χ1n) is 8.26. The molecule has 1 aliphatic rings. The maximum absolute atomic E-state index is 12.1.